The Morgan fingerprint density at radius 1 is 0.909 bits per heavy atom. The lowest BCUT2D eigenvalue weighted by Crippen LogP contribution is -2.40. The highest BCUT2D eigenvalue weighted by atomic mass is 16.5. The van der Waals surface area contributed by atoms with Crippen molar-refractivity contribution in [2.75, 3.05) is 47.1 Å². The molecule has 0 radical (unpaired) electrons. The second-order valence-electron chi connectivity index (χ2n) is 11.1. The highest BCUT2D eigenvalue weighted by Crippen LogP contribution is 2.30. The van der Waals surface area contributed by atoms with Crippen molar-refractivity contribution in [3.05, 3.63) is 102 Å². The lowest BCUT2D eigenvalue weighted by molar-refractivity contribution is 0.0106. The van der Waals surface area contributed by atoms with E-state index in [1.54, 1.807) is 14.2 Å². The summed E-state index contributed by atoms with van der Waals surface area (Å²) < 4.78 is 31.1. The molecule has 2 heterocycles. The van der Waals surface area contributed by atoms with Gasteiger partial charge >= 0.3 is 0 Å². The zero-order valence-corrected chi connectivity index (χ0v) is 26.0. The number of aromatic nitrogens is 2. The quantitative estimate of drug-likeness (QED) is 0.144. The number of methoxy groups -OCH3 is 2. The Morgan fingerprint density at radius 3 is 2.66 bits per heavy atom. The van der Waals surface area contributed by atoms with E-state index < -0.39 is 0 Å². The third-order valence-electron chi connectivity index (χ3n) is 8.00. The molecular weight excluding hydrogens is 554 g/mol. The van der Waals surface area contributed by atoms with Gasteiger partial charge in [-0.05, 0) is 54.8 Å². The van der Waals surface area contributed by atoms with Crippen LogP contribution in [0.5, 0.6) is 11.5 Å². The summed E-state index contributed by atoms with van der Waals surface area (Å²) in [4.78, 5) is 4.61. The molecule has 1 unspecified atom stereocenters. The smallest absolute Gasteiger partial charge is 0.139 e. The Kier molecular flexibility index (Phi) is 12.2. The highest BCUT2D eigenvalue weighted by Gasteiger charge is 2.27. The van der Waals surface area contributed by atoms with Crippen molar-refractivity contribution < 1.29 is 23.7 Å². The molecule has 234 valence electrons. The average Bonchev–Trinajstić information content (AvgIpc) is 3.55. The molecule has 1 aliphatic rings. The van der Waals surface area contributed by atoms with Gasteiger partial charge in [0.1, 0.15) is 17.3 Å². The molecule has 8 nitrogen and oxygen atoms in total. The van der Waals surface area contributed by atoms with E-state index in [1.165, 1.54) is 5.56 Å². The molecule has 4 aromatic rings. The topological polar surface area (TPSA) is 76.0 Å². The molecule has 0 amide bonds. The largest absolute Gasteiger partial charge is 0.496 e. The van der Waals surface area contributed by atoms with E-state index in [1.807, 2.05) is 36.7 Å². The molecule has 1 N–H and O–H groups in total. The summed E-state index contributed by atoms with van der Waals surface area (Å²) in [6, 6.07) is 25.0. The number of piperidine rings is 1. The maximum atomic E-state index is 6.54. The van der Waals surface area contributed by atoms with Crippen LogP contribution in [0.4, 0.5) is 0 Å². The van der Waals surface area contributed by atoms with Crippen LogP contribution in [-0.4, -0.2) is 62.8 Å². The van der Waals surface area contributed by atoms with Crippen molar-refractivity contribution >= 4 is 0 Å². The highest BCUT2D eigenvalue weighted by molar-refractivity contribution is 5.56. The number of hydrogen-bond donors (Lipinski definition) is 1. The normalized spacial score (nSPS) is 16.6. The van der Waals surface area contributed by atoms with Crippen LogP contribution in [0.3, 0.4) is 0 Å². The van der Waals surface area contributed by atoms with Gasteiger partial charge in [0.15, 0.2) is 0 Å². The van der Waals surface area contributed by atoms with E-state index in [2.05, 4.69) is 63.4 Å². The molecule has 2 atom stereocenters. The minimum atomic E-state index is 0.0931. The van der Waals surface area contributed by atoms with E-state index in [0.717, 1.165) is 79.5 Å². The Morgan fingerprint density at radius 2 is 1.80 bits per heavy atom. The van der Waals surface area contributed by atoms with Gasteiger partial charge in [-0.1, -0.05) is 48.5 Å². The van der Waals surface area contributed by atoms with E-state index in [9.17, 15) is 0 Å². The van der Waals surface area contributed by atoms with Gasteiger partial charge < -0.3 is 33.6 Å². The summed E-state index contributed by atoms with van der Waals surface area (Å²) >= 11 is 0. The average molecular weight is 600 g/mol. The summed E-state index contributed by atoms with van der Waals surface area (Å²) in [5.41, 5.74) is 4.59. The number of nitrogens with one attached hydrogen (secondary N) is 1. The second-order valence-corrected chi connectivity index (χ2v) is 11.1. The summed E-state index contributed by atoms with van der Waals surface area (Å²) in [6.07, 6.45) is 6.79. The predicted octanol–water partition coefficient (Wildman–Crippen LogP) is 6.24. The van der Waals surface area contributed by atoms with Crippen LogP contribution in [0.1, 0.15) is 41.9 Å². The molecule has 0 bridgehead atoms. The van der Waals surface area contributed by atoms with Crippen molar-refractivity contribution in [3.63, 3.8) is 0 Å². The van der Waals surface area contributed by atoms with Gasteiger partial charge in [-0.3, -0.25) is 0 Å². The monoisotopic (exact) mass is 599 g/mol. The van der Waals surface area contributed by atoms with Crippen LogP contribution in [0, 0.1) is 0 Å². The van der Waals surface area contributed by atoms with E-state index in [0.29, 0.717) is 32.3 Å². The fourth-order valence-electron chi connectivity index (χ4n) is 5.69. The van der Waals surface area contributed by atoms with Crippen molar-refractivity contribution in [2.45, 2.75) is 51.0 Å². The first-order valence-electron chi connectivity index (χ1n) is 15.6. The van der Waals surface area contributed by atoms with Crippen molar-refractivity contribution in [1.29, 1.82) is 0 Å². The first kappa shape index (κ1) is 31.7. The van der Waals surface area contributed by atoms with Gasteiger partial charge in [0.2, 0.25) is 0 Å². The van der Waals surface area contributed by atoms with Crippen LogP contribution in [0.15, 0.2) is 85.2 Å². The van der Waals surface area contributed by atoms with Gasteiger partial charge in [0, 0.05) is 62.7 Å². The number of nitrogens with zero attached hydrogens (tertiary/aromatic N) is 2. The van der Waals surface area contributed by atoms with E-state index in [4.69, 9.17) is 23.7 Å². The Balaban J connectivity index is 1.09. The Labute approximate surface area is 261 Å². The zero-order chi connectivity index (χ0) is 30.4. The number of aryl methyl sites for hydroxylation is 1. The van der Waals surface area contributed by atoms with Gasteiger partial charge in [0.05, 0.1) is 39.6 Å². The van der Waals surface area contributed by atoms with Crippen LogP contribution < -0.4 is 14.8 Å². The first-order chi connectivity index (χ1) is 21.7. The molecule has 1 aromatic heterocycles. The molecular formula is C36H45N3O5. The number of imidazole rings is 1. The van der Waals surface area contributed by atoms with Crippen LogP contribution in [0.2, 0.25) is 0 Å². The summed E-state index contributed by atoms with van der Waals surface area (Å²) in [6.45, 7) is 5.76. The molecule has 8 heteroatoms. The molecule has 44 heavy (non-hydrogen) atoms. The van der Waals surface area contributed by atoms with Gasteiger partial charge in [-0.2, -0.15) is 0 Å². The Hall–Kier alpha value is -3.69. The maximum Gasteiger partial charge on any atom is 0.139 e. The summed E-state index contributed by atoms with van der Waals surface area (Å²) in [5.74, 6) is 3.04. The Bertz CT molecular complexity index is 1410. The van der Waals surface area contributed by atoms with Crippen molar-refractivity contribution in [2.24, 2.45) is 0 Å². The minimum absolute atomic E-state index is 0.0931. The van der Waals surface area contributed by atoms with Crippen molar-refractivity contribution in [1.82, 2.24) is 14.9 Å². The number of ether oxygens (including phenoxy) is 5. The lowest BCUT2D eigenvalue weighted by Gasteiger charge is -2.32. The molecule has 0 aliphatic carbocycles. The number of para-hydroxylation sites is 1. The fourth-order valence-corrected chi connectivity index (χ4v) is 5.69. The van der Waals surface area contributed by atoms with Crippen molar-refractivity contribution in [3.8, 4) is 22.9 Å². The van der Waals surface area contributed by atoms with Gasteiger partial charge in [-0.25, -0.2) is 4.98 Å². The molecule has 1 aliphatic heterocycles. The first-order valence-corrected chi connectivity index (χ1v) is 15.6. The second kappa shape index (κ2) is 17.0. The molecule has 0 spiro atoms. The number of benzene rings is 3. The SMILES string of the molecule is COCCCn1ccnc1-c1cccc(COC2CNCC[C@@H]2c2ccc(OCCCOCc3ccccc3OC)cc2)c1. The van der Waals surface area contributed by atoms with Crippen LogP contribution >= 0.6 is 0 Å². The van der Waals surface area contributed by atoms with E-state index >= 15 is 0 Å². The number of rotatable bonds is 17. The third kappa shape index (κ3) is 8.92. The molecule has 1 fully saturated rings. The van der Waals surface area contributed by atoms with Crippen LogP contribution in [0.25, 0.3) is 11.4 Å². The summed E-state index contributed by atoms with van der Waals surface area (Å²) in [7, 11) is 3.42. The lowest BCUT2D eigenvalue weighted by atomic mass is 9.87. The number of hydrogen-bond acceptors (Lipinski definition) is 7. The van der Waals surface area contributed by atoms with Crippen LogP contribution in [-0.2, 0) is 34.0 Å². The van der Waals surface area contributed by atoms with E-state index in [-0.39, 0.29) is 6.10 Å². The summed E-state index contributed by atoms with van der Waals surface area (Å²) in [5, 5.41) is 3.52. The zero-order valence-electron chi connectivity index (χ0n) is 26.0. The maximum absolute atomic E-state index is 6.54. The fraction of sp³-hybridized carbons (Fsp3) is 0.417. The molecule has 0 saturated carbocycles. The molecule has 5 rings (SSSR count). The minimum Gasteiger partial charge on any atom is -0.496 e. The standard InChI is InChI=1S/C36H45N3O5/c1-40-21-6-19-39-20-18-38-36(39)30-10-5-8-28(24-30)26-44-35-25-37-17-16-33(35)29-12-14-32(15-13-29)43-23-7-22-42-27-31-9-3-4-11-34(31)41-2/h3-5,8-15,18,20,24,33,35,37H,6-7,16-17,19,21-23,25-27H2,1-2H3/t33-,35?/m1/s1. The van der Waals surface area contributed by atoms with Gasteiger partial charge in [0.25, 0.3) is 0 Å². The van der Waals surface area contributed by atoms with Gasteiger partial charge in [-0.15, -0.1) is 0 Å². The molecule has 1 saturated heterocycles. The predicted molar refractivity (Wildman–Crippen MR) is 172 cm³/mol. The molecule has 3 aromatic carbocycles. The third-order valence-corrected chi connectivity index (χ3v) is 8.00.